The standard InChI is InChI=1S/C18H13NO2/c1-11-6-7-13-12(10-19-15(13)8-11)9-17-18(20)14-4-2-3-5-16(14)21-17/h2-10,19H,1H3/b17-9-. The summed E-state index contributed by atoms with van der Waals surface area (Å²) in [5, 5.41) is 1.08. The molecule has 4 rings (SSSR count). The van der Waals surface area contributed by atoms with E-state index in [2.05, 4.69) is 30.1 Å². The van der Waals surface area contributed by atoms with Gasteiger partial charge in [0.2, 0.25) is 5.78 Å². The van der Waals surface area contributed by atoms with Crippen molar-refractivity contribution in [2.24, 2.45) is 0 Å². The molecule has 1 aromatic heterocycles. The molecule has 1 aliphatic rings. The first-order chi connectivity index (χ1) is 10.2. The molecule has 0 radical (unpaired) electrons. The Labute approximate surface area is 121 Å². The largest absolute Gasteiger partial charge is 0.452 e. The first kappa shape index (κ1) is 12.0. The molecule has 0 unspecified atom stereocenters. The number of rotatable bonds is 1. The van der Waals surface area contributed by atoms with E-state index in [0.29, 0.717) is 17.1 Å². The average molecular weight is 275 g/mol. The summed E-state index contributed by atoms with van der Waals surface area (Å²) in [6.07, 6.45) is 3.70. The molecule has 102 valence electrons. The number of carbonyl (C=O) groups excluding carboxylic acids is 1. The predicted octanol–water partition coefficient (Wildman–Crippen LogP) is 4.09. The van der Waals surface area contributed by atoms with Crippen molar-refractivity contribution >= 4 is 22.8 Å². The summed E-state index contributed by atoms with van der Waals surface area (Å²) >= 11 is 0. The monoisotopic (exact) mass is 275 g/mol. The fourth-order valence-electron chi connectivity index (χ4n) is 2.66. The second kappa shape index (κ2) is 4.35. The Bertz CT molecular complexity index is 902. The molecule has 3 nitrogen and oxygen atoms in total. The van der Waals surface area contributed by atoms with Crippen LogP contribution in [-0.4, -0.2) is 10.8 Å². The molecule has 1 aliphatic heterocycles. The van der Waals surface area contributed by atoms with Crippen molar-refractivity contribution in [3.8, 4) is 5.75 Å². The number of allylic oxidation sites excluding steroid dienone is 1. The lowest BCUT2D eigenvalue weighted by Crippen LogP contribution is -1.97. The molecule has 0 saturated heterocycles. The molecule has 0 atom stereocenters. The van der Waals surface area contributed by atoms with Gasteiger partial charge in [0, 0.05) is 22.7 Å². The molecule has 0 amide bonds. The number of Topliss-reactive ketones (excluding diaryl/α,β-unsaturated/α-hetero) is 1. The van der Waals surface area contributed by atoms with E-state index in [1.54, 1.807) is 12.1 Å². The molecule has 0 fully saturated rings. The number of benzene rings is 2. The Kier molecular flexibility index (Phi) is 2.48. The van der Waals surface area contributed by atoms with Crippen molar-refractivity contribution in [3.63, 3.8) is 0 Å². The lowest BCUT2D eigenvalue weighted by atomic mass is 10.1. The lowest BCUT2D eigenvalue weighted by molar-refractivity contribution is 0.101. The summed E-state index contributed by atoms with van der Waals surface area (Å²) < 4.78 is 5.66. The van der Waals surface area contributed by atoms with Gasteiger partial charge in [0.15, 0.2) is 5.76 Å². The zero-order chi connectivity index (χ0) is 14.4. The van der Waals surface area contributed by atoms with Crippen LogP contribution in [0.3, 0.4) is 0 Å². The van der Waals surface area contributed by atoms with Gasteiger partial charge in [-0.3, -0.25) is 4.79 Å². The normalized spacial score (nSPS) is 15.5. The smallest absolute Gasteiger partial charge is 0.231 e. The lowest BCUT2D eigenvalue weighted by Gasteiger charge is -1.98. The van der Waals surface area contributed by atoms with E-state index < -0.39 is 0 Å². The van der Waals surface area contributed by atoms with Crippen molar-refractivity contribution in [2.45, 2.75) is 6.92 Å². The van der Waals surface area contributed by atoms with E-state index in [9.17, 15) is 4.79 Å². The fraction of sp³-hybridized carbons (Fsp3) is 0.0556. The van der Waals surface area contributed by atoms with Gasteiger partial charge in [-0.25, -0.2) is 0 Å². The van der Waals surface area contributed by atoms with Gasteiger partial charge in [-0.15, -0.1) is 0 Å². The molecular weight excluding hydrogens is 262 g/mol. The Balaban J connectivity index is 1.80. The van der Waals surface area contributed by atoms with Crippen LogP contribution in [0.4, 0.5) is 0 Å². The van der Waals surface area contributed by atoms with Gasteiger partial charge >= 0.3 is 0 Å². The molecule has 0 saturated carbocycles. The quantitative estimate of drug-likeness (QED) is 0.679. The molecule has 2 aromatic carbocycles. The third kappa shape index (κ3) is 1.86. The van der Waals surface area contributed by atoms with Crippen LogP contribution < -0.4 is 4.74 Å². The average Bonchev–Trinajstić information content (AvgIpc) is 3.02. The summed E-state index contributed by atoms with van der Waals surface area (Å²) in [6.45, 7) is 2.05. The van der Waals surface area contributed by atoms with E-state index in [4.69, 9.17) is 4.74 Å². The molecular formula is C18H13NO2. The molecule has 1 N–H and O–H groups in total. The Morgan fingerprint density at radius 1 is 1.14 bits per heavy atom. The highest BCUT2D eigenvalue weighted by Crippen LogP contribution is 2.32. The van der Waals surface area contributed by atoms with Gasteiger partial charge in [0.05, 0.1) is 5.56 Å². The first-order valence-corrected chi connectivity index (χ1v) is 6.83. The number of nitrogens with one attached hydrogen (secondary N) is 1. The summed E-state index contributed by atoms with van der Waals surface area (Å²) in [7, 11) is 0. The van der Waals surface area contributed by atoms with Crippen molar-refractivity contribution in [3.05, 3.63) is 71.1 Å². The van der Waals surface area contributed by atoms with Gasteiger partial charge < -0.3 is 9.72 Å². The Morgan fingerprint density at radius 3 is 2.86 bits per heavy atom. The maximum Gasteiger partial charge on any atom is 0.231 e. The number of aryl methyl sites for hydroxylation is 1. The van der Waals surface area contributed by atoms with E-state index in [1.807, 2.05) is 24.4 Å². The van der Waals surface area contributed by atoms with Crippen LogP contribution in [0.1, 0.15) is 21.5 Å². The Hall–Kier alpha value is -2.81. The van der Waals surface area contributed by atoms with Gasteiger partial charge in [-0.2, -0.15) is 0 Å². The summed E-state index contributed by atoms with van der Waals surface area (Å²) in [4.78, 5) is 15.5. The molecule has 0 spiro atoms. The van der Waals surface area contributed by atoms with Crippen molar-refractivity contribution < 1.29 is 9.53 Å². The minimum atomic E-state index is -0.0629. The number of ketones is 1. The number of carbonyl (C=O) groups is 1. The van der Waals surface area contributed by atoms with Crippen LogP contribution in [-0.2, 0) is 0 Å². The van der Waals surface area contributed by atoms with Gasteiger partial charge in [-0.05, 0) is 36.8 Å². The topological polar surface area (TPSA) is 42.1 Å². The fourth-order valence-corrected chi connectivity index (χ4v) is 2.66. The molecule has 3 aromatic rings. The zero-order valence-electron chi connectivity index (χ0n) is 11.5. The Morgan fingerprint density at radius 2 is 2.00 bits per heavy atom. The number of aromatic nitrogens is 1. The van der Waals surface area contributed by atoms with Crippen LogP contribution in [0.25, 0.3) is 17.0 Å². The van der Waals surface area contributed by atoms with Crippen LogP contribution in [0, 0.1) is 6.92 Å². The van der Waals surface area contributed by atoms with E-state index in [0.717, 1.165) is 16.5 Å². The SMILES string of the molecule is Cc1ccc2c(/C=C3\Oc4ccccc4C3=O)c[nH]c2c1. The number of ether oxygens (including phenoxy) is 1. The third-order valence-electron chi connectivity index (χ3n) is 3.73. The van der Waals surface area contributed by atoms with E-state index in [1.165, 1.54) is 5.56 Å². The molecule has 0 bridgehead atoms. The van der Waals surface area contributed by atoms with Crippen LogP contribution in [0.5, 0.6) is 5.75 Å². The number of fused-ring (bicyclic) bond motifs is 2. The molecule has 2 heterocycles. The van der Waals surface area contributed by atoms with Crippen molar-refractivity contribution in [1.82, 2.24) is 4.98 Å². The molecule has 3 heteroatoms. The first-order valence-electron chi connectivity index (χ1n) is 6.83. The highest BCUT2D eigenvalue weighted by Gasteiger charge is 2.26. The van der Waals surface area contributed by atoms with Gasteiger partial charge in [0.1, 0.15) is 5.75 Å². The minimum absolute atomic E-state index is 0.0629. The minimum Gasteiger partial charge on any atom is -0.452 e. The number of hydrogen-bond acceptors (Lipinski definition) is 2. The van der Waals surface area contributed by atoms with Crippen LogP contribution >= 0.6 is 0 Å². The van der Waals surface area contributed by atoms with Crippen molar-refractivity contribution in [1.29, 1.82) is 0 Å². The van der Waals surface area contributed by atoms with E-state index in [-0.39, 0.29) is 5.78 Å². The van der Waals surface area contributed by atoms with Gasteiger partial charge in [-0.1, -0.05) is 24.3 Å². The highest BCUT2D eigenvalue weighted by molar-refractivity contribution is 6.15. The summed E-state index contributed by atoms with van der Waals surface area (Å²) in [5.41, 5.74) is 3.84. The number of para-hydroxylation sites is 1. The van der Waals surface area contributed by atoms with Crippen molar-refractivity contribution in [2.75, 3.05) is 0 Å². The molecule has 0 aliphatic carbocycles. The maximum absolute atomic E-state index is 12.3. The summed E-state index contributed by atoms with van der Waals surface area (Å²) in [6, 6.07) is 13.5. The second-order valence-corrected chi connectivity index (χ2v) is 5.23. The van der Waals surface area contributed by atoms with E-state index >= 15 is 0 Å². The maximum atomic E-state index is 12.3. The molecule has 21 heavy (non-hydrogen) atoms. The zero-order valence-corrected chi connectivity index (χ0v) is 11.5. The summed E-state index contributed by atoms with van der Waals surface area (Å²) in [5.74, 6) is 0.939. The number of aromatic amines is 1. The highest BCUT2D eigenvalue weighted by atomic mass is 16.5. The van der Waals surface area contributed by atoms with Crippen LogP contribution in [0.15, 0.2) is 54.4 Å². The van der Waals surface area contributed by atoms with Crippen LogP contribution in [0.2, 0.25) is 0 Å². The number of H-pyrrole nitrogens is 1. The van der Waals surface area contributed by atoms with Gasteiger partial charge in [0.25, 0.3) is 0 Å². The predicted molar refractivity (Wildman–Crippen MR) is 82.4 cm³/mol. The number of hydrogen-bond donors (Lipinski definition) is 1. The second-order valence-electron chi connectivity index (χ2n) is 5.23. The third-order valence-corrected chi connectivity index (χ3v) is 3.73.